The lowest BCUT2D eigenvalue weighted by molar-refractivity contribution is 0.266. The first-order chi connectivity index (χ1) is 8.83. The van der Waals surface area contributed by atoms with Crippen molar-refractivity contribution >= 4 is 23.9 Å². The zero-order valence-electron chi connectivity index (χ0n) is 10.0. The molecule has 0 bridgehead atoms. The monoisotopic (exact) mass is 259 g/mol. The number of aryl methyl sites for hydroxylation is 2. The fourth-order valence-corrected chi connectivity index (χ4v) is 2.85. The number of thiazole rings is 1. The van der Waals surface area contributed by atoms with E-state index < -0.39 is 7.12 Å². The van der Waals surface area contributed by atoms with E-state index in [9.17, 15) is 5.02 Å². The van der Waals surface area contributed by atoms with Gasteiger partial charge >= 0.3 is 7.12 Å². The number of hydrogen-bond acceptors (Lipinski definition) is 4. The van der Waals surface area contributed by atoms with Crippen molar-refractivity contribution in [1.82, 2.24) is 4.98 Å². The van der Waals surface area contributed by atoms with E-state index in [2.05, 4.69) is 28.6 Å². The van der Waals surface area contributed by atoms with E-state index in [4.69, 9.17) is 4.65 Å². The van der Waals surface area contributed by atoms with Crippen molar-refractivity contribution in [3.63, 3.8) is 0 Å². The van der Waals surface area contributed by atoms with Crippen LogP contribution in [0.15, 0.2) is 29.1 Å². The molecule has 0 atom stereocenters. The van der Waals surface area contributed by atoms with Crippen LogP contribution < -0.4 is 5.46 Å². The molecule has 5 heteroatoms. The summed E-state index contributed by atoms with van der Waals surface area (Å²) in [5, 5.41) is 11.9. The number of nitrogens with zero attached hydrogens (tertiary/aromatic N) is 1. The van der Waals surface area contributed by atoms with E-state index in [1.54, 1.807) is 11.3 Å². The number of benzene rings is 1. The number of rotatable bonds is 3. The van der Waals surface area contributed by atoms with Crippen molar-refractivity contribution in [3.05, 3.63) is 45.9 Å². The third-order valence-electron chi connectivity index (χ3n) is 3.28. The topological polar surface area (TPSA) is 42.4 Å². The van der Waals surface area contributed by atoms with Crippen LogP contribution in [-0.4, -0.2) is 23.7 Å². The van der Waals surface area contributed by atoms with E-state index in [1.807, 2.05) is 5.51 Å². The van der Waals surface area contributed by atoms with Gasteiger partial charge in [-0.05, 0) is 35.9 Å². The van der Waals surface area contributed by atoms with Gasteiger partial charge in [-0.25, -0.2) is 4.98 Å². The Bertz CT molecular complexity index is 530. The highest BCUT2D eigenvalue weighted by atomic mass is 32.1. The minimum Gasteiger partial charge on any atom is -0.423 e. The zero-order chi connectivity index (χ0) is 12.4. The summed E-state index contributed by atoms with van der Waals surface area (Å²) in [5.41, 5.74) is 6.35. The smallest absolute Gasteiger partial charge is 0.423 e. The molecule has 0 amide bonds. The van der Waals surface area contributed by atoms with Gasteiger partial charge in [0.15, 0.2) is 0 Å². The largest absolute Gasteiger partial charge is 0.491 e. The molecule has 1 aliphatic rings. The molecule has 0 aliphatic carbocycles. The first-order valence-corrected chi connectivity index (χ1v) is 7.05. The Hall–Kier alpha value is -1.17. The molecule has 1 aromatic heterocycles. The lowest BCUT2D eigenvalue weighted by Crippen LogP contribution is -2.41. The molecule has 0 saturated heterocycles. The minimum atomic E-state index is -0.757. The first-order valence-electron chi connectivity index (χ1n) is 6.11. The summed E-state index contributed by atoms with van der Waals surface area (Å²) < 4.78 is 5.25. The van der Waals surface area contributed by atoms with Crippen molar-refractivity contribution in [2.45, 2.75) is 19.3 Å². The zero-order valence-corrected chi connectivity index (χ0v) is 10.8. The van der Waals surface area contributed by atoms with Crippen LogP contribution in [0.3, 0.4) is 0 Å². The molecule has 0 spiro atoms. The Kier molecular flexibility index (Phi) is 3.45. The van der Waals surface area contributed by atoms with Gasteiger partial charge < -0.3 is 9.68 Å². The maximum absolute atomic E-state index is 9.81. The van der Waals surface area contributed by atoms with Gasteiger partial charge in [-0.1, -0.05) is 18.2 Å². The molecule has 1 aliphatic heterocycles. The lowest BCUT2D eigenvalue weighted by atomic mass is 9.73. The van der Waals surface area contributed by atoms with E-state index in [0.29, 0.717) is 6.61 Å². The van der Waals surface area contributed by atoms with E-state index in [0.717, 1.165) is 30.4 Å². The quantitative estimate of drug-likeness (QED) is 0.842. The van der Waals surface area contributed by atoms with Crippen molar-refractivity contribution in [1.29, 1.82) is 0 Å². The highest BCUT2D eigenvalue weighted by molar-refractivity contribution is 7.07. The normalized spacial score (nSPS) is 14.6. The Morgan fingerprint density at radius 1 is 1.39 bits per heavy atom. The van der Waals surface area contributed by atoms with Crippen LogP contribution in [0, 0.1) is 0 Å². The fraction of sp³-hybridized carbons (Fsp3) is 0.308. The molecule has 0 unspecified atom stereocenters. The van der Waals surface area contributed by atoms with Crippen LogP contribution in [0.25, 0.3) is 0 Å². The van der Waals surface area contributed by atoms with Crippen LogP contribution in [0.5, 0.6) is 0 Å². The molecule has 2 aromatic rings. The second-order valence-corrected chi connectivity index (χ2v) is 5.20. The number of hydrogen-bond donors (Lipinski definition) is 1. The van der Waals surface area contributed by atoms with Gasteiger partial charge in [-0.3, -0.25) is 0 Å². The average Bonchev–Trinajstić information content (AvgIpc) is 2.90. The molecule has 1 N–H and O–H groups in total. The first kappa shape index (κ1) is 11.9. The van der Waals surface area contributed by atoms with Crippen molar-refractivity contribution in [2.75, 3.05) is 6.61 Å². The third kappa shape index (κ3) is 2.48. The molecule has 0 saturated carbocycles. The number of aromatic nitrogens is 1. The average molecular weight is 259 g/mol. The van der Waals surface area contributed by atoms with Gasteiger partial charge in [-0.15, -0.1) is 11.3 Å². The predicted molar refractivity (Wildman–Crippen MR) is 73.2 cm³/mol. The maximum Gasteiger partial charge on any atom is 0.491 e. The molecular formula is C13H14BNO2S. The van der Waals surface area contributed by atoms with E-state index in [1.165, 1.54) is 11.1 Å². The molecule has 1 aromatic carbocycles. The van der Waals surface area contributed by atoms with Crippen molar-refractivity contribution in [3.8, 4) is 0 Å². The van der Waals surface area contributed by atoms with Gasteiger partial charge in [0.25, 0.3) is 0 Å². The van der Waals surface area contributed by atoms with Crippen LogP contribution in [0.2, 0.25) is 0 Å². The molecule has 18 heavy (non-hydrogen) atoms. The fourth-order valence-electron chi connectivity index (χ4n) is 2.26. The summed E-state index contributed by atoms with van der Waals surface area (Å²) in [6.07, 6.45) is 2.78. The Morgan fingerprint density at radius 3 is 3.17 bits per heavy atom. The summed E-state index contributed by atoms with van der Waals surface area (Å²) in [6.45, 7) is 0.604. The van der Waals surface area contributed by atoms with Crippen molar-refractivity contribution in [2.24, 2.45) is 0 Å². The van der Waals surface area contributed by atoms with Gasteiger partial charge in [0, 0.05) is 12.0 Å². The van der Waals surface area contributed by atoms with Crippen LogP contribution >= 0.6 is 11.3 Å². The summed E-state index contributed by atoms with van der Waals surface area (Å²) >= 11 is 1.63. The Balaban J connectivity index is 1.75. The van der Waals surface area contributed by atoms with Crippen LogP contribution in [-0.2, 0) is 23.9 Å². The van der Waals surface area contributed by atoms with Crippen molar-refractivity contribution < 1.29 is 9.68 Å². The highest BCUT2D eigenvalue weighted by Gasteiger charge is 2.24. The highest BCUT2D eigenvalue weighted by Crippen LogP contribution is 2.12. The van der Waals surface area contributed by atoms with E-state index >= 15 is 0 Å². The second kappa shape index (κ2) is 5.22. The third-order valence-corrected chi connectivity index (χ3v) is 3.91. The molecule has 92 valence electrons. The lowest BCUT2D eigenvalue weighted by Gasteiger charge is -2.19. The van der Waals surface area contributed by atoms with Crippen LogP contribution in [0.4, 0.5) is 0 Å². The van der Waals surface area contributed by atoms with Gasteiger partial charge in [0.1, 0.15) is 0 Å². The summed E-state index contributed by atoms with van der Waals surface area (Å²) in [7, 11) is -0.757. The number of fused-ring (bicyclic) bond motifs is 1. The SMILES string of the molecule is OB1OCCc2ccc(CCc3cscn3)cc21. The summed E-state index contributed by atoms with van der Waals surface area (Å²) in [5.74, 6) is 0. The van der Waals surface area contributed by atoms with Gasteiger partial charge in [-0.2, -0.15) is 0 Å². The van der Waals surface area contributed by atoms with Gasteiger partial charge in [0.05, 0.1) is 11.2 Å². The summed E-state index contributed by atoms with van der Waals surface area (Å²) in [6, 6.07) is 6.31. The standard InChI is InChI=1S/C13H14BNO2S/c16-14-13-7-10(1-3-11(13)5-6-17-14)2-4-12-8-18-9-15-12/h1,3,7-9,16H,2,4-6H2. The summed E-state index contributed by atoms with van der Waals surface area (Å²) in [4.78, 5) is 4.28. The van der Waals surface area contributed by atoms with Gasteiger partial charge in [0.2, 0.25) is 0 Å². The molecule has 0 fully saturated rings. The minimum absolute atomic E-state index is 0.604. The molecule has 2 heterocycles. The van der Waals surface area contributed by atoms with E-state index in [-0.39, 0.29) is 0 Å². The Labute approximate surface area is 111 Å². The molecule has 3 rings (SSSR count). The Morgan fingerprint density at radius 2 is 2.33 bits per heavy atom. The molecular weight excluding hydrogens is 245 g/mol. The van der Waals surface area contributed by atoms with Crippen LogP contribution in [0.1, 0.15) is 16.8 Å². The maximum atomic E-state index is 9.81. The predicted octanol–water partition coefficient (Wildman–Crippen LogP) is 1.19. The molecule has 3 nitrogen and oxygen atoms in total. The second-order valence-electron chi connectivity index (χ2n) is 4.49. The molecule has 0 radical (unpaired) electrons.